The monoisotopic (exact) mass is 563 g/mol. The lowest BCUT2D eigenvalue weighted by molar-refractivity contribution is -0.143. The number of methoxy groups -OCH3 is 1. The molecule has 3 aliphatic heterocycles. The quantitative estimate of drug-likeness (QED) is 0.271. The number of nitrogens with zero attached hydrogens (tertiary/aromatic N) is 1. The second-order valence-electron chi connectivity index (χ2n) is 10.7. The van der Waals surface area contributed by atoms with Gasteiger partial charge in [-0.25, -0.2) is 0 Å². The maximum Gasteiger partial charge on any atom is 0.416 e. The van der Waals surface area contributed by atoms with E-state index in [9.17, 15) is 26.3 Å². The molecule has 6 rings (SSSR count). The fraction of sp³-hybridized carbons (Fsp3) is 0.419. The largest absolute Gasteiger partial charge is 0.497 e. The van der Waals surface area contributed by atoms with E-state index in [1.165, 1.54) is 0 Å². The number of alkyl halides is 6. The Balaban J connectivity index is 1.44. The fourth-order valence-electron chi connectivity index (χ4n) is 6.27. The van der Waals surface area contributed by atoms with E-state index in [0.29, 0.717) is 0 Å². The lowest BCUT2D eigenvalue weighted by Gasteiger charge is -2.53. The highest BCUT2D eigenvalue weighted by molar-refractivity contribution is 5.69. The average molecular weight is 564 g/mol. The Morgan fingerprint density at radius 1 is 0.850 bits per heavy atom. The first-order chi connectivity index (χ1) is 19.0. The van der Waals surface area contributed by atoms with Crippen LogP contribution in [0.2, 0.25) is 0 Å². The van der Waals surface area contributed by atoms with Crippen molar-refractivity contribution >= 4 is 0 Å². The van der Waals surface area contributed by atoms with Crippen molar-refractivity contribution < 1.29 is 35.8 Å². The summed E-state index contributed by atoms with van der Waals surface area (Å²) in [4.78, 5) is 2.35. The predicted molar refractivity (Wildman–Crippen MR) is 140 cm³/mol. The molecule has 0 spiro atoms. The molecule has 214 valence electrons. The van der Waals surface area contributed by atoms with E-state index in [2.05, 4.69) is 24.0 Å². The highest BCUT2D eigenvalue weighted by Crippen LogP contribution is 2.43. The molecular formula is C31H31F6NO2. The molecule has 3 aromatic rings. The number of hydrogen-bond acceptors (Lipinski definition) is 3. The Hall–Kier alpha value is -3.04. The van der Waals surface area contributed by atoms with Gasteiger partial charge in [-0.2, -0.15) is 26.3 Å². The number of halogens is 6. The van der Waals surface area contributed by atoms with E-state index >= 15 is 0 Å². The Bertz CT molecular complexity index is 1280. The van der Waals surface area contributed by atoms with E-state index in [0.717, 1.165) is 60.5 Å². The summed E-state index contributed by atoms with van der Waals surface area (Å²) in [6, 6.07) is 17.5. The van der Waals surface area contributed by atoms with Crippen molar-refractivity contribution in [2.75, 3.05) is 20.2 Å². The predicted octanol–water partition coefficient (Wildman–Crippen LogP) is 8.18. The van der Waals surface area contributed by atoms with Crippen LogP contribution < -0.4 is 4.74 Å². The summed E-state index contributed by atoms with van der Waals surface area (Å²) in [6.45, 7) is 3.56. The number of fused-ring (bicyclic) bond motifs is 3. The minimum atomic E-state index is -4.90. The van der Waals surface area contributed by atoms with Crippen molar-refractivity contribution in [2.24, 2.45) is 5.92 Å². The summed E-state index contributed by atoms with van der Waals surface area (Å²) in [5, 5.41) is 0. The molecule has 3 nitrogen and oxygen atoms in total. The van der Waals surface area contributed by atoms with E-state index in [4.69, 9.17) is 9.47 Å². The molecule has 2 bridgehead atoms. The molecular weight excluding hydrogens is 532 g/mol. The van der Waals surface area contributed by atoms with Crippen LogP contribution in [0, 0.1) is 5.92 Å². The first-order valence-electron chi connectivity index (χ1n) is 13.3. The number of piperidine rings is 3. The molecule has 9 heteroatoms. The lowest BCUT2D eigenvalue weighted by Crippen LogP contribution is -2.60. The van der Waals surface area contributed by atoms with E-state index in [1.807, 2.05) is 36.4 Å². The summed E-state index contributed by atoms with van der Waals surface area (Å²) in [6.07, 6.45) is -8.36. The van der Waals surface area contributed by atoms with Crippen molar-refractivity contribution in [3.8, 4) is 16.9 Å². The molecule has 40 heavy (non-hydrogen) atoms. The van der Waals surface area contributed by atoms with Crippen LogP contribution in [0.5, 0.6) is 5.75 Å². The van der Waals surface area contributed by atoms with Gasteiger partial charge >= 0.3 is 12.4 Å². The number of rotatable bonds is 7. The van der Waals surface area contributed by atoms with Crippen LogP contribution in [0.1, 0.15) is 47.9 Å². The third kappa shape index (κ3) is 5.86. The summed E-state index contributed by atoms with van der Waals surface area (Å²) < 4.78 is 92.0. The molecule has 0 aliphatic carbocycles. The summed E-state index contributed by atoms with van der Waals surface area (Å²) in [5.74, 6) is 0.929. The van der Waals surface area contributed by atoms with Crippen LogP contribution in [-0.2, 0) is 23.7 Å². The van der Waals surface area contributed by atoms with Gasteiger partial charge < -0.3 is 9.47 Å². The normalized spacial score (nSPS) is 23.7. The van der Waals surface area contributed by atoms with Crippen LogP contribution in [0.4, 0.5) is 26.3 Å². The zero-order valence-electron chi connectivity index (χ0n) is 22.2. The van der Waals surface area contributed by atoms with Gasteiger partial charge in [-0.3, -0.25) is 4.90 Å². The molecule has 3 atom stereocenters. The van der Waals surface area contributed by atoms with Gasteiger partial charge in [-0.15, -0.1) is 0 Å². The van der Waals surface area contributed by atoms with E-state index in [-0.39, 0.29) is 42.2 Å². The number of ether oxygens (including phenoxy) is 2. The minimum absolute atomic E-state index is 0.00125. The average Bonchev–Trinajstić information content (AvgIpc) is 2.95. The van der Waals surface area contributed by atoms with Crippen LogP contribution in [0.3, 0.4) is 0 Å². The van der Waals surface area contributed by atoms with Gasteiger partial charge in [0.2, 0.25) is 0 Å². The lowest BCUT2D eigenvalue weighted by atomic mass is 9.73. The zero-order valence-corrected chi connectivity index (χ0v) is 22.2. The molecule has 3 aromatic carbocycles. The Morgan fingerprint density at radius 3 is 2.02 bits per heavy atom. The van der Waals surface area contributed by atoms with Gasteiger partial charge in [0, 0.05) is 6.04 Å². The van der Waals surface area contributed by atoms with Crippen molar-refractivity contribution in [2.45, 2.75) is 56.8 Å². The zero-order chi connectivity index (χ0) is 28.7. The molecule has 0 amide bonds. The summed E-state index contributed by atoms with van der Waals surface area (Å²) >= 11 is 0. The van der Waals surface area contributed by atoms with Gasteiger partial charge in [0.05, 0.1) is 30.9 Å². The molecule has 3 fully saturated rings. The summed E-state index contributed by atoms with van der Waals surface area (Å²) in [7, 11) is 1.61. The highest BCUT2D eigenvalue weighted by Gasteiger charge is 2.46. The van der Waals surface area contributed by atoms with Crippen LogP contribution in [-0.4, -0.2) is 37.2 Å². The Kier molecular flexibility index (Phi) is 7.90. The summed E-state index contributed by atoms with van der Waals surface area (Å²) in [5.41, 5.74) is 0.411. The van der Waals surface area contributed by atoms with Crippen LogP contribution in [0.15, 0.2) is 66.7 Å². The molecule has 3 aliphatic rings. The van der Waals surface area contributed by atoms with Crippen LogP contribution >= 0.6 is 0 Å². The Morgan fingerprint density at radius 2 is 1.45 bits per heavy atom. The van der Waals surface area contributed by atoms with Gasteiger partial charge in [0.1, 0.15) is 5.75 Å². The highest BCUT2D eigenvalue weighted by atomic mass is 19.4. The van der Waals surface area contributed by atoms with Crippen LogP contribution in [0.25, 0.3) is 11.1 Å². The molecule has 0 aromatic heterocycles. The Labute approximate surface area is 229 Å². The van der Waals surface area contributed by atoms with E-state index in [1.54, 1.807) is 7.11 Å². The first-order valence-corrected chi connectivity index (χ1v) is 13.3. The third-order valence-electron chi connectivity index (χ3n) is 8.25. The molecule has 3 heterocycles. The number of benzene rings is 3. The molecule has 3 saturated heterocycles. The maximum absolute atomic E-state index is 13.4. The van der Waals surface area contributed by atoms with Gasteiger partial charge in [-0.05, 0) is 90.4 Å². The maximum atomic E-state index is 13.4. The molecule has 3 unspecified atom stereocenters. The third-order valence-corrected chi connectivity index (χ3v) is 8.25. The van der Waals surface area contributed by atoms with Crippen molar-refractivity contribution in [3.63, 3.8) is 0 Å². The SMILES string of the molecule is COc1ccc(-c2ccccc2C(C)C2C(OCc3cc(C(F)(F)F)cc(C(F)(F)F)c3)C3CCN2CC3)cc1. The van der Waals surface area contributed by atoms with Crippen molar-refractivity contribution in [3.05, 3.63) is 89.0 Å². The second-order valence-corrected chi connectivity index (χ2v) is 10.7. The molecule has 0 N–H and O–H groups in total. The van der Waals surface area contributed by atoms with Crippen molar-refractivity contribution in [1.29, 1.82) is 0 Å². The molecule has 0 radical (unpaired) electrons. The van der Waals surface area contributed by atoms with E-state index < -0.39 is 23.5 Å². The van der Waals surface area contributed by atoms with Gasteiger partial charge in [-0.1, -0.05) is 43.3 Å². The van der Waals surface area contributed by atoms with Crippen molar-refractivity contribution in [1.82, 2.24) is 4.90 Å². The first kappa shape index (κ1) is 28.5. The molecule has 0 saturated carbocycles. The second kappa shape index (κ2) is 11.1. The number of hydrogen-bond donors (Lipinski definition) is 0. The smallest absolute Gasteiger partial charge is 0.416 e. The van der Waals surface area contributed by atoms with Gasteiger partial charge in [0.15, 0.2) is 0 Å². The topological polar surface area (TPSA) is 21.7 Å². The minimum Gasteiger partial charge on any atom is -0.497 e. The van der Waals surface area contributed by atoms with Gasteiger partial charge in [0.25, 0.3) is 0 Å². The standard InChI is InChI=1S/C31H31F6NO2/c1-19(26-5-3-4-6-27(26)21-7-9-25(39-2)10-8-21)28-29(22-11-13-38(28)14-12-22)40-18-20-15-23(30(32,33)34)17-24(16-20)31(35,36)37/h3-10,15-17,19,22,28-29H,11-14,18H2,1-2H3. The fourth-order valence-corrected chi connectivity index (χ4v) is 6.27.